The van der Waals surface area contributed by atoms with Crippen molar-refractivity contribution >= 4 is 11.9 Å². The average molecular weight is 327 g/mol. The van der Waals surface area contributed by atoms with Gasteiger partial charge in [0.05, 0.1) is 17.7 Å². The molecular formula is C17H17N3O4. The number of fused-ring (bicyclic) bond motifs is 3. The number of rotatable bonds is 2. The van der Waals surface area contributed by atoms with Crippen LogP contribution in [0.25, 0.3) is 0 Å². The summed E-state index contributed by atoms with van der Waals surface area (Å²) in [6, 6.07) is 5.89. The van der Waals surface area contributed by atoms with Gasteiger partial charge < -0.3 is 10.0 Å². The topological polar surface area (TPSA) is 84.5 Å². The molecular weight excluding hydrogens is 310 g/mol. The van der Waals surface area contributed by atoms with Crippen molar-refractivity contribution in [3.8, 4) is 0 Å². The molecule has 2 aromatic rings. The van der Waals surface area contributed by atoms with E-state index in [9.17, 15) is 14.4 Å². The molecule has 0 atom stereocenters. The molecule has 0 aliphatic carbocycles. The smallest absolute Gasteiger partial charge is 0.335 e. The zero-order chi connectivity index (χ0) is 16.8. The van der Waals surface area contributed by atoms with Crippen molar-refractivity contribution in [2.45, 2.75) is 32.5 Å². The summed E-state index contributed by atoms with van der Waals surface area (Å²) in [5.74, 6) is -1.19. The Morgan fingerprint density at radius 2 is 1.62 bits per heavy atom. The predicted octanol–water partition coefficient (Wildman–Crippen LogP) is 0.950. The van der Waals surface area contributed by atoms with Gasteiger partial charge in [-0.1, -0.05) is 0 Å². The SMILES string of the molecule is O=C(O)c1ccc(C(=O)N2CCc3c(c(=O)n4n3CCC4)C2)cc1. The van der Waals surface area contributed by atoms with E-state index in [1.165, 1.54) is 24.3 Å². The number of benzene rings is 1. The van der Waals surface area contributed by atoms with Crippen LogP contribution in [0, 0.1) is 0 Å². The maximum Gasteiger partial charge on any atom is 0.335 e. The summed E-state index contributed by atoms with van der Waals surface area (Å²) in [7, 11) is 0. The van der Waals surface area contributed by atoms with E-state index < -0.39 is 5.97 Å². The lowest BCUT2D eigenvalue weighted by atomic mass is 10.1. The Morgan fingerprint density at radius 3 is 2.33 bits per heavy atom. The molecule has 0 spiro atoms. The maximum absolute atomic E-state index is 12.6. The van der Waals surface area contributed by atoms with Gasteiger partial charge in [0.25, 0.3) is 11.5 Å². The standard InChI is InChI=1S/C17H17N3O4/c21-15(11-2-4-12(5-3-11)17(23)24)18-9-6-14-13(10-18)16(22)20-8-1-7-19(14)20/h2-5H,1,6-10H2,(H,23,24). The van der Waals surface area contributed by atoms with E-state index in [1.54, 1.807) is 9.58 Å². The second-order valence-corrected chi connectivity index (χ2v) is 6.19. The van der Waals surface area contributed by atoms with E-state index in [2.05, 4.69) is 4.68 Å². The third-order valence-electron chi connectivity index (χ3n) is 4.82. The molecule has 3 heterocycles. The van der Waals surface area contributed by atoms with Gasteiger partial charge in [-0.2, -0.15) is 0 Å². The fraction of sp³-hybridized carbons (Fsp3) is 0.353. The number of hydrogen-bond acceptors (Lipinski definition) is 3. The molecule has 1 aromatic heterocycles. The minimum Gasteiger partial charge on any atom is -0.478 e. The van der Waals surface area contributed by atoms with Crippen LogP contribution < -0.4 is 5.56 Å². The molecule has 0 saturated heterocycles. The van der Waals surface area contributed by atoms with Crippen LogP contribution in [0.2, 0.25) is 0 Å². The minimum atomic E-state index is -1.02. The Kier molecular flexibility index (Phi) is 3.30. The van der Waals surface area contributed by atoms with E-state index in [-0.39, 0.29) is 17.0 Å². The maximum atomic E-state index is 12.6. The summed E-state index contributed by atoms with van der Waals surface area (Å²) >= 11 is 0. The number of carboxylic acid groups (broad SMARTS) is 1. The van der Waals surface area contributed by atoms with Crippen molar-refractivity contribution in [1.29, 1.82) is 0 Å². The monoisotopic (exact) mass is 327 g/mol. The summed E-state index contributed by atoms with van der Waals surface area (Å²) in [6.07, 6.45) is 1.66. The van der Waals surface area contributed by atoms with Gasteiger partial charge in [0.2, 0.25) is 0 Å². The van der Waals surface area contributed by atoms with Crippen molar-refractivity contribution in [2.75, 3.05) is 6.54 Å². The van der Waals surface area contributed by atoms with Crippen molar-refractivity contribution < 1.29 is 14.7 Å². The summed E-state index contributed by atoms with van der Waals surface area (Å²) in [5.41, 5.74) is 2.38. The molecule has 0 saturated carbocycles. The number of amides is 1. The largest absolute Gasteiger partial charge is 0.478 e. The van der Waals surface area contributed by atoms with Crippen molar-refractivity contribution in [3.05, 3.63) is 57.0 Å². The summed E-state index contributed by atoms with van der Waals surface area (Å²) in [4.78, 5) is 37.7. The van der Waals surface area contributed by atoms with Gasteiger partial charge in [-0.15, -0.1) is 0 Å². The first-order valence-electron chi connectivity index (χ1n) is 8.00. The molecule has 0 bridgehead atoms. The zero-order valence-corrected chi connectivity index (χ0v) is 13.1. The molecule has 24 heavy (non-hydrogen) atoms. The Hall–Kier alpha value is -2.83. The van der Waals surface area contributed by atoms with Crippen molar-refractivity contribution in [2.24, 2.45) is 0 Å². The molecule has 124 valence electrons. The van der Waals surface area contributed by atoms with Crippen LogP contribution in [0.4, 0.5) is 0 Å². The third-order valence-corrected chi connectivity index (χ3v) is 4.82. The highest BCUT2D eigenvalue weighted by molar-refractivity contribution is 5.96. The highest BCUT2D eigenvalue weighted by Crippen LogP contribution is 2.21. The second-order valence-electron chi connectivity index (χ2n) is 6.19. The van der Waals surface area contributed by atoms with E-state index >= 15 is 0 Å². The lowest BCUT2D eigenvalue weighted by Crippen LogP contribution is -2.37. The number of carboxylic acids is 1. The molecule has 7 heteroatoms. The first-order chi connectivity index (χ1) is 11.6. The molecule has 1 aromatic carbocycles. The summed E-state index contributed by atoms with van der Waals surface area (Å²) < 4.78 is 3.83. The fourth-order valence-corrected chi connectivity index (χ4v) is 3.60. The van der Waals surface area contributed by atoms with Crippen molar-refractivity contribution in [3.63, 3.8) is 0 Å². The molecule has 0 fully saturated rings. The minimum absolute atomic E-state index is 0.0150. The van der Waals surface area contributed by atoms with E-state index in [0.29, 0.717) is 25.1 Å². The summed E-state index contributed by atoms with van der Waals surface area (Å²) in [5, 5.41) is 8.93. The van der Waals surface area contributed by atoms with Crippen LogP contribution in [0.15, 0.2) is 29.1 Å². The van der Waals surface area contributed by atoms with Gasteiger partial charge >= 0.3 is 5.97 Å². The Morgan fingerprint density at radius 1 is 0.958 bits per heavy atom. The van der Waals surface area contributed by atoms with Gasteiger partial charge in [-0.25, -0.2) is 4.79 Å². The second kappa shape index (κ2) is 5.36. The fourth-order valence-electron chi connectivity index (χ4n) is 3.60. The van der Waals surface area contributed by atoms with Gasteiger partial charge in [-0.3, -0.25) is 19.0 Å². The Balaban J connectivity index is 1.59. The number of nitrogens with zero attached hydrogens (tertiary/aromatic N) is 3. The molecule has 4 rings (SSSR count). The van der Waals surface area contributed by atoms with Gasteiger partial charge in [0, 0.05) is 37.3 Å². The quantitative estimate of drug-likeness (QED) is 0.890. The van der Waals surface area contributed by atoms with E-state index in [0.717, 1.165) is 30.8 Å². The molecule has 2 aliphatic heterocycles. The van der Waals surface area contributed by atoms with Gasteiger partial charge in [0.15, 0.2) is 0 Å². The molecule has 2 aliphatic rings. The van der Waals surface area contributed by atoms with Gasteiger partial charge in [-0.05, 0) is 30.7 Å². The van der Waals surface area contributed by atoms with Crippen molar-refractivity contribution in [1.82, 2.24) is 14.3 Å². The van der Waals surface area contributed by atoms with Gasteiger partial charge in [0.1, 0.15) is 0 Å². The highest BCUT2D eigenvalue weighted by Gasteiger charge is 2.30. The first-order valence-corrected chi connectivity index (χ1v) is 8.00. The lowest BCUT2D eigenvalue weighted by Gasteiger charge is -2.27. The third kappa shape index (κ3) is 2.16. The Labute approximate surface area is 137 Å². The zero-order valence-electron chi connectivity index (χ0n) is 13.1. The number of hydrogen-bond donors (Lipinski definition) is 1. The van der Waals surface area contributed by atoms with Crippen LogP contribution in [0.3, 0.4) is 0 Å². The number of carbonyl (C=O) groups excluding carboxylic acids is 1. The van der Waals surface area contributed by atoms with E-state index in [4.69, 9.17) is 5.11 Å². The van der Waals surface area contributed by atoms with Crippen LogP contribution >= 0.6 is 0 Å². The van der Waals surface area contributed by atoms with Crippen LogP contribution in [0.1, 0.15) is 38.4 Å². The predicted molar refractivity (Wildman–Crippen MR) is 85.2 cm³/mol. The average Bonchev–Trinajstić information content (AvgIpc) is 3.18. The number of aromatic carboxylic acids is 1. The van der Waals surface area contributed by atoms with Crippen LogP contribution in [0.5, 0.6) is 0 Å². The lowest BCUT2D eigenvalue weighted by molar-refractivity contribution is 0.0692. The molecule has 0 unspecified atom stereocenters. The molecule has 7 nitrogen and oxygen atoms in total. The molecule has 0 radical (unpaired) electrons. The highest BCUT2D eigenvalue weighted by atomic mass is 16.4. The normalized spacial score (nSPS) is 15.9. The Bertz CT molecular complexity index is 892. The van der Waals surface area contributed by atoms with E-state index in [1.807, 2.05) is 0 Å². The van der Waals surface area contributed by atoms with Crippen LogP contribution in [-0.2, 0) is 26.1 Å². The number of carbonyl (C=O) groups is 2. The summed E-state index contributed by atoms with van der Waals surface area (Å²) in [6.45, 7) is 2.50. The first kappa shape index (κ1) is 14.7. The van der Waals surface area contributed by atoms with Crippen LogP contribution in [-0.4, -0.2) is 37.8 Å². The molecule has 1 amide bonds. The molecule has 1 N–H and O–H groups in total. The number of aromatic nitrogens is 2.